The van der Waals surface area contributed by atoms with Crippen LogP contribution in [-0.2, 0) is 16.0 Å². The first-order valence-electron chi connectivity index (χ1n) is 6.49. The molecule has 2 N–H and O–H groups in total. The van der Waals surface area contributed by atoms with Gasteiger partial charge >= 0.3 is 5.97 Å². The molecule has 0 amide bonds. The minimum Gasteiger partial charge on any atom is -0.476 e. The molecule has 112 valence electrons. The molecule has 1 unspecified atom stereocenters. The van der Waals surface area contributed by atoms with Gasteiger partial charge in [-0.15, -0.1) is 0 Å². The maximum atomic E-state index is 13.7. The van der Waals surface area contributed by atoms with Gasteiger partial charge in [-0.25, -0.2) is 13.6 Å². The second kappa shape index (κ2) is 7.79. The fourth-order valence-corrected chi connectivity index (χ4v) is 1.65. The minimum absolute atomic E-state index is 0.153. The molecule has 0 aromatic heterocycles. The van der Waals surface area contributed by atoms with Gasteiger partial charge in [-0.3, -0.25) is 0 Å². The van der Waals surface area contributed by atoms with E-state index >= 15 is 0 Å². The summed E-state index contributed by atoms with van der Waals surface area (Å²) in [7, 11) is 0. The second-order valence-corrected chi connectivity index (χ2v) is 4.35. The van der Waals surface area contributed by atoms with E-state index in [1.807, 2.05) is 6.92 Å². The van der Waals surface area contributed by atoms with Crippen LogP contribution in [0.5, 0.6) is 5.75 Å². The van der Waals surface area contributed by atoms with Gasteiger partial charge in [0.2, 0.25) is 0 Å². The van der Waals surface area contributed by atoms with Gasteiger partial charge in [0, 0.05) is 6.04 Å². The van der Waals surface area contributed by atoms with Crippen molar-refractivity contribution in [1.82, 2.24) is 0 Å². The summed E-state index contributed by atoms with van der Waals surface area (Å²) in [5, 5.41) is 0. The highest BCUT2D eigenvalue weighted by Gasteiger charge is 2.15. The number of nitrogens with two attached hydrogens (primary N) is 1. The third kappa shape index (κ3) is 4.77. The van der Waals surface area contributed by atoms with Crippen LogP contribution in [-0.4, -0.2) is 25.2 Å². The zero-order chi connectivity index (χ0) is 15.1. The average molecular weight is 287 g/mol. The summed E-state index contributed by atoms with van der Waals surface area (Å²) in [6.45, 7) is 3.18. The first-order chi connectivity index (χ1) is 9.47. The van der Waals surface area contributed by atoms with Gasteiger partial charge in [-0.2, -0.15) is 0 Å². The average Bonchev–Trinajstić information content (AvgIpc) is 2.37. The van der Waals surface area contributed by atoms with Crippen LogP contribution >= 0.6 is 0 Å². The van der Waals surface area contributed by atoms with Crippen molar-refractivity contribution in [3.05, 3.63) is 29.3 Å². The molecule has 0 saturated heterocycles. The lowest BCUT2D eigenvalue weighted by Crippen LogP contribution is -2.21. The molecule has 0 aliphatic carbocycles. The molecule has 4 nitrogen and oxygen atoms in total. The number of hydrogen-bond acceptors (Lipinski definition) is 4. The van der Waals surface area contributed by atoms with Crippen molar-refractivity contribution in [2.24, 2.45) is 5.73 Å². The summed E-state index contributed by atoms with van der Waals surface area (Å²) in [6.07, 6.45) is 1.09. The Morgan fingerprint density at radius 3 is 2.40 bits per heavy atom. The Bertz CT molecular complexity index is 443. The summed E-state index contributed by atoms with van der Waals surface area (Å²) in [5.41, 5.74) is 6.19. The highest BCUT2D eigenvalue weighted by Crippen LogP contribution is 2.24. The fourth-order valence-electron chi connectivity index (χ4n) is 1.65. The van der Waals surface area contributed by atoms with Crippen LogP contribution in [0.25, 0.3) is 0 Å². The monoisotopic (exact) mass is 287 g/mol. The lowest BCUT2D eigenvalue weighted by atomic mass is 10.0. The molecule has 0 bridgehead atoms. The molecule has 0 aliphatic heterocycles. The normalized spacial score (nSPS) is 12.1. The number of halogens is 2. The van der Waals surface area contributed by atoms with Crippen molar-refractivity contribution in [1.29, 1.82) is 0 Å². The molecule has 1 atom stereocenters. The van der Waals surface area contributed by atoms with E-state index < -0.39 is 30.0 Å². The van der Waals surface area contributed by atoms with Crippen molar-refractivity contribution >= 4 is 5.97 Å². The molecular weight excluding hydrogens is 268 g/mol. The smallest absolute Gasteiger partial charge is 0.344 e. The Kier molecular flexibility index (Phi) is 6.38. The predicted molar refractivity (Wildman–Crippen MR) is 70.5 cm³/mol. The zero-order valence-corrected chi connectivity index (χ0v) is 11.6. The summed E-state index contributed by atoms with van der Waals surface area (Å²) < 4.78 is 36.9. The third-order valence-corrected chi connectivity index (χ3v) is 2.72. The highest BCUT2D eigenvalue weighted by atomic mass is 19.1. The first-order valence-corrected chi connectivity index (χ1v) is 6.49. The summed E-state index contributed by atoms with van der Waals surface area (Å²) in [5.74, 6) is -2.96. The van der Waals surface area contributed by atoms with E-state index in [1.165, 1.54) is 12.1 Å². The molecule has 0 saturated carbocycles. The van der Waals surface area contributed by atoms with Crippen molar-refractivity contribution in [2.45, 2.75) is 32.7 Å². The summed E-state index contributed by atoms with van der Waals surface area (Å²) in [4.78, 5) is 11.1. The van der Waals surface area contributed by atoms with E-state index in [1.54, 1.807) is 6.92 Å². The largest absolute Gasteiger partial charge is 0.476 e. The number of ether oxygens (including phenoxy) is 2. The van der Waals surface area contributed by atoms with E-state index in [9.17, 15) is 13.6 Å². The minimum atomic E-state index is -0.854. The lowest BCUT2D eigenvalue weighted by molar-refractivity contribution is -0.145. The molecule has 0 radical (unpaired) electrons. The van der Waals surface area contributed by atoms with Crippen LogP contribution < -0.4 is 10.5 Å². The molecule has 0 heterocycles. The van der Waals surface area contributed by atoms with Crippen LogP contribution in [0.3, 0.4) is 0 Å². The molecule has 0 spiro atoms. The highest BCUT2D eigenvalue weighted by molar-refractivity contribution is 5.71. The Balaban J connectivity index is 2.76. The van der Waals surface area contributed by atoms with E-state index in [0.717, 1.165) is 0 Å². The molecule has 1 aromatic rings. The quantitative estimate of drug-likeness (QED) is 0.781. The number of benzene rings is 1. The zero-order valence-electron chi connectivity index (χ0n) is 11.6. The molecule has 20 heavy (non-hydrogen) atoms. The van der Waals surface area contributed by atoms with Gasteiger partial charge in [0.05, 0.1) is 6.61 Å². The molecule has 0 aliphatic rings. The first kappa shape index (κ1) is 16.4. The van der Waals surface area contributed by atoms with Gasteiger partial charge in [0.15, 0.2) is 24.0 Å². The molecule has 6 heteroatoms. The van der Waals surface area contributed by atoms with E-state index in [4.69, 9.17) is 10.5 Å². The Labute approximate surface area is 116 Å². The third-order valence-electron chi connectivity index (χ3n) is 2.72. The van der Waals surface area contributed by atoms with E-state index in [0.29, 0.717) is 18.4 Å². The maximum Gasteiger partial charge on any atom is 0.344 e. The van der Waals surface area contributed by atoms with Gasteiger partial charge in [-0.05, 0) is 37.5 Å². The van der Waals surface area contributed by atoms with Crippen molar-refractivity contribution in [2.75, 3.05) is 13.2 Å². The lowest BCUT2D eigenvalue weighted by Gasteiger charge is -2.12. The predicted octanol–water partition coefficient (Wildman–Crippen LogP) is 2.19. The maximum absolute atomic E-state index is 13.7. The van der Waals surface area contributed by atoms with Crippen LogP contribution in [0.15, 0.2) is 12.1 Å². The topological polar surface area (TPSA) is 61.5 Å². The van der Waals surface area contributed by atoms with Gasteiger partial charge in [0.1, 0.15) is 0 Å². The van der Waals surface area contributed by atoms with Crippen molar-refractivity contribution in [3.63, 3.8) is 0 Å². The Morgan fingerprint density at radius 1 is 1.30 bits per heavy atom. The number of hydrogen-bond donors (Lipinski definition) is 1. The standard InChI is InChI=1S/C14H19F2NO3/c1-3-10(17)5-9-6-11(15)14(12(16)7-9)20-8-13(18)19-4-2/h6-7,10H,3-5,8,17H2,1-2H3. The number of carbonyl (C=O) groups is 1. The summed E-state index contributed by atoms with van der Waals surface area (Å²) in [6, 6.07) is 2.18. The van der Waals surface area contributed by atoms with Gasteiger partial charge < -0.3 is 15.2 Å². The van der Waals surface area contributed by atoms with Crippen molar-refractivity contribution < 1.29 is 23.0 Å². The number of rotatable bonds is 7. The van der Waals surface area contributed by atoms with E-state index in [2.05, 4.69) is 4.74 Å². The molecule has 1 rings (SSSR count). The van der Waals surface area contributed by atoms with Crippen molar-refractivity contribution in [3.8, 4) is 5.75 Å². The molecule has 0 fully saturated rings. The number of carbonyl (C=O) groups excluding carboxylic acids is 1. The Morgan fingerprint density at radius 2 is 1.90 bits per heavy atom. The van der Waals surface area contributed by atoms with Gasteiger partial charge in [0.25, 0.3) is 0 Å². The fraction of sp³-hybridized carbons (Fsp3) is 0.500. The van der Waals surface area contributed by atoms with Crippen LogP contribution in [0, 0.1) is 11.6 Å². The van der Waals surface area contributed by atoms with Crippen LogP contribution in [0.1, 0.15) is 25.8 Å². The van der Waals surface area contributed by atoms with Crippen LogP contribution in [0.4, 0.5) is 8.78 Å². The summed E-state index contributed by atoms with van der Waals surface area (Å²) >= 11 is 0. The second-order valence-electron chi connectivity index (χ2n) is 4.35. The van der Waals surface area contributed by atoms with E-state index in [-0.39, 0.29) is 12.6 Å². The molecule has 1 aromatic carbocycles. The van der Waals surface area contributed by atoms with Crippen LogP contribution in [0.2, 0.25) is 0 Å². The molecular formula is C14H19F2NO3. The Hall–Kier alpha value is -1.69. The SMILES string of the molecule is CCOC(=O)COc1c(F)cc(CC(N)CC)cc1F. The van der Waals surface area contributed by atoms with Gasteiger partial charge in [-0.1, -0.05) is 6.92 Å². The number of esters is 1.